The molecule has 2 fully saturated rings. The lowest BCUT2D eigenvalue weighted by molar-refractivity contribution is 0.122. The molecule has 0 aliphatic carbocycles. The molecule has 5 rings (SSSR count). The third kappa shape index (κ3) is 6.32. The number of benzene rings is 1. The van der Waals surface area contributed by atoms with Gasteiger partial charge in [-0.05, 0) is 42.6 Å². The molecule has 0 amide bonds. The van der Waals surface area contributed by atoms with Crippen LogP contribution in [0, 0.1) is 11.7 Å². The zero-order valence-electron chi connectivity index (χ0n) is 22.3. The molecule has 0 bridgehead atoms. The van der Waals surface area contributed by atoms with Crippen molar-refractivity contribution in [3.63, 3.8) is 0 Å². The van der Waals surface area contributed by atoms with Crippen molar-refractivity contribution in [2.45, 2.75) is 31.2 Å². The highest BCUT2D eigenvalue weighted by Crippen LogP contribution is 2.31. The third-order valence-corrected chi connectivity index (χ3v) is 8.73. The summed E-state index contributed by atoms with van der Waals surface area (Å²) < 4.78 is 55.2. The second-order valence-corrected chi connectivity index (χ2v) is 11.6. The largest absolute Gasteiger partial charge is 0.480 e. The number of hydrogen-bond acceptors (Lipinski definition) is 8. The van der Waals surface area contributed by atoms with Crippen LogP contribution in [-0.2, 0) is 21.3 Å². The van der Waals surface area contributed by atoms with Crippen molar-refractivity contribution in [2.75, 3.05) is 56.1 Å². The highest BCUT2D eigenvalue weighted by Gasteiger charge is 2.25. The van der Waals surface area contributed by atoms with Crippen molar-refractivity contribution in [3.8, 4) is 17.0 Å². The molecule has 0 saturated carbocycles. The number of nitrogens with zero attached hydrogens (tertiary/aromatic N) is 4. The van der Waals surface area contributed by atoms with Crippen LogP contribution in [0.1, 0.15) is 25.3 Å². The maximum absolute atomic E-state index is 15.2. The fourth-order valence-electron chi connectivity index (χ4n) is 5.15. The summed E-state index contributed by atoms with van der Waals surface area (Å²) in [6.07, 6.45) is 6.84. The number of pyridine rings is 2. The molecular weight excluding hydrogens is 521 g/mol. The summed E-state index contributed by atoms with van der Waals surface area (Å²) in [6.45, 7) is 7.38. The molecule has 208 valence electrons. The maximum atomic E-state index is 15.2. The molecular formula is C28H34FN5O4S. The van der Waals surface area contributed by atoms with E-state index < -0.39 is 10.0 Å². The van der Waals surface area contributed by atoms with E-state index in [1.807, 2.05) is 11.0 Å². The molecule has 1 N–H and O–H groups in total. The average Bonchev–Trinajstić information content (AvgIpc) is 3.40. The molecule has 2 saturated heterocycles. The van der Waals surface area contributed by atoms with Gasteiger partial charge in [0.1, 0.15) is 5.82 Å². The summed E-state index contributed by atoms with van der Waals surface area (Å²) >= 11 is 0. The Kier molecular flexibility index (Phi) is 8.29. The molecule has 1 aromatic carbocycles. The van der Waals surface area contributed by atoms with E-state index in [1.54, 1.807) is 24.4 Å². The van der Waals surface area contributed by atoms with Crippen LogP contribution in [0.15, 0.2) is 53.8 Å². The Labute approximate surface area is 229 Å². The first-order chi connectivity index (χ1) is 18.9. The Morgan fingerprint density at radius 1 is 1.13 bits per heavy atom. The van der Waals surface area contributed by atoms with E-state index in [1.165, 1.54) is 38.4 Å². The number of sulfonamides is 1. The van der Waals surface area contributed by atoms with Crippen molar-refractivity contribution in [1.82, 2.24) is 14.9 Å². The average molecular weight is 556 g/mol. The number of likely N-dealkylation sites (tertiary alicyclic amines) is 1. The molecule has 4 heterocycles. The molecule has 2 aromatic heterocycles. The van der Waals surface area contributed by atoms with Crippen LogP contribution in [0.5, 0.6) is 5.88 Å². The van der Waals surface area contributed by atoms with E-state index in [0.717, 1.165) is 18.7 Å². The van der Waals surface area contributed by atoms with E-state index in [9.17, 15) is 8.42 Å². The summed E-state index contributed by atoms with van der Waals surface area (Å²) in [6, 6.07) is 8.31. The summed E-state index contributed by atoms with van der Waals surface area (Å²) in [5.74, 6) is 0.322. The normalized spacial score (nSPS) is 18.3. The Hall–Kier alpha value is -3.28. The highest BCUT2D eigenvalue weighted by atomic mass is 32.2. The number of anilines is 2. The molecule has 1 unspecified atom stereocenters. The number of rotatable bonds is 9. The fourth-order valence-corrected chi connectivity index (χ4v) is 6.33. The Morgan fingerprint density at radius 2 is 1.95 bits per heavy atom. The van der Waals surface area contributed by atoms with Crippen LogP contribution in [0.4, 0.5) is 15.8 Å². The summed E-state index contributed by atoms with van der Waals surface area (Å²) in [5, 5.41) is 0. The molecule has 0 radical (unpaired) electrons. The van der Waals surface area contributed by atoms with Gasteiger partial charge < -0.3 is 14.4 Å². The molecule has 39 heavy (non-hydrogen) atoms. The van der Waals surface area contributed by atoms with Gasteiger partial charge in [0.25, 0.3) is 10.0 Å². The van der Waals surface area contributed by atoms with Crippen molar-refractivity contribution in [1.29, 1.82) is 0 Å². The molecule has 1 atom stereocenters. The minimum Gasteiger partial charge on any atom is -0.480 e. The van der Waals surface area contributed by atoms with Crippen LogP contribution in [0.3, 0.4) is 0 Å². The van der Waals surface area contributed by atoms with Gasteiger partial charge in [0.05, 0.1) is 44.1 Å². The van der Waals surface area contributed by atoms with Gasteiger partial charge in [-0.2, -0.15) is 0 Å². The highest BCUT2D eigenvalue weighted by molar-refractivity contribution is 7.92. The molecule has 9 nitrogen and oxygen atoms in total. The summed E-state index contributed by atoms with van der Waals surface area (Å²) in [7, 11) is -2.72. The van der Waals surface area contributed by atoms with E-state index >= 15 is 4.39 Å². The first kappa shape index (κ1) is 27.3. The summed E-state index contributed by atoms with van der Waals surface area (Å²) in [4.78, 5) is 12.7. The zero-order chi connectivity index (χ0) is 27.4. The van der Waals surface area contributed by atoms with Crippen LogP contribution >= 0.6 is 0 Å². The van der Waals surface area contributed by atoms with Gasteiger partial charge in [-0.15, -0.1) is 0 Å². The van der Waals surface area contributed by atoms with Gasteiger partial charge in [-0.25, -0.2) is 17.8 Å². The predicted molar refractivity (Wildman–Crippen MR) is 148 cm³/mol. The SMILES string of the molecule is CCC1CCN(Cc2ccc(-c3cncc(NS(=O)(=O)c4cc(N5CCOCC5)cnc4OC)c3)c(F)c2)C1. The topological polar surface area (TPSA) is 96.9 Å². The first-order valence-electron chi connectivity index (χ1n) is 13.2. The lowest BCUT2D eigenvalue weighted by Gasteiger charge is -2.29. The number of hydrogen-bond donors (Lipinski definition) is 1. The number of ether oxygens (including phenoxy) is 2. The Bertz CT molecular complexity index is 1410. The first-order valence-corrected chi connectivity index (χ1v) is 14.7. The van der Waals surface area contributed by atoms with Crippen molar-refractivity contribution >= 4 is 21.4 Å². The van der Waals surface area contributed by atoms with Crippen molar-refractivity contribution < 1.29 is 22.3 Å². The summed E-state index contributed by atoms with van der Waals surface area (Å²) in [5.41, 5.74) is 2.61. The quantitative estimate of drug-likeness (QED) is 0.421. The molecule has 2 aliphatic rings. The van der Waals surface area contributed by atoms with E-state index in [2.05, 4.69) is 26.5 Å². The lowest BCUT2D eigenvalue weighted by Crippen LogP contribution is -2.36. The lowest BCUT2D eigenvalue weighted by atomic mass is 10.0. The predicted octanol–water partition coefficient (Wildman–Crippen LogP) is 4.16. The van der Waals surface area contributed by atoms with Crippen LogP contribution in [-0.4, -0.2) is 69.8 Å². The Balaban J connectivity index is 1.35. The minimum atomic E-state index is -4.09. The second kappa shape index (κ2) is 11.8. The van der Waals surface area contributed by atoms with Crippen LogP contribution in [0.2, 0.25) is 0 Å². The smallest absolute Gasteiger partial charge is 0.267 e. The van der Waals surface area contributed by atoms with Crippen LogP contribution < -0.4 is 14.4 Å². The van der Waals surface area contributed by atoms with Gasteiger partial charge in [0.15, 0.2) is 4.90 Å². The maximum Gasteiger partial charge on any atom is 0.267 e. The molecule has 2 aliphatic heterocycles. The van der Waals surface area contributed by atoms with Crippen LogP contribution in [0.25, 0.3) is 11.1 Å². The number of methoxy groups -OCH3 is 1. The number of nitrogens with one attached hydrogen (secondary N) is 1. The second-order valence-electron chi connectivity index (χ2n) is 9.98. The Morgan fingerprint density at radius 3 is 2.67 bits per heavy atom. The van der Waals surface area contributed by atoms with Crippen molar-refractivity contribution in [3.05, 3.63) is 60.3 Å². The van der Waals surface area contributed by atoms with E-state index in [0.29, 0.717) is 55.6 Å². The molecule has 3 aromatic rings. The van der Waals surface area contributed by atoms with Gasteiger partial charge in [0, 0.05) is 43.5 Å². The minimum absolute atomic E-state index is 0.0199. The third-order valence-electron chi connectivity index (χ3n) is 7.35. The molecule has 0 spiro atoms. The molecule has 11 heteroatoms. The van der Waals surface area contributed by atoms with Gasteiger partial charge >= 0.3 is 0 Å². The van der Waals surface area contributed by atoms with Crippen molar-refractivity contribution in [2.24, 2.45) is 5.92 Å². The number of morpholine rings is 1. The van der Waals surface area contributed by atoms with Gasteiger partial charge in [0.2, 0.25) is 5.88 Å². The van der Waals surface area contributed by atoms with E-state index in [4.69, 9.17) is 9.47 Å². The zero-order valence-corrected chi connectivity index (χ0v) is 23.1. The van der Waals surface area contributed by atoms with E-state index in [-0.39, 0.29) is 22.3 Å². The standard InChI is InChI=1S/C28H34FN5O4S/c1-3-20-6-7-33(18-20)19-21-4-5-25(26(29)12-21)22-13-23(16-30-15-22)32-39(35,36)27-14-24(17-31-28(27)37-2)34-8-10-38-11-9-34/h4-5,12-17,20,32H,3,6-11,18-19H2,1-2H3. The monoisotopic (exact) mass is 555 g/mol. The van der Waals surface area contributed by atoms with Gasteiger partial charge in [-0.1, -0.05) is 25.5 Å². The number of aromatic nitrogens is 2. The van der Waals surface area contributed by atoms with Gasteiger partial charge in [-0.3, -0.25) is 14.6 Å². The fraction of sp³-hybridized carbons (Fsp3) is 0.429. The number of halogens is 1.